The van der Waals surface area contributed by atoms with E-state index in [-0.39, 0.29) is 37.2 Å². The molecule has 6 nitrogen and oxygen atoms in total. The van der Waals surface area contributed by atoms with E-state index in [1.807, 2.05) is 0 Å². The second-order valence-electron chi connectivity index (χ2n) is 9.39. The number of hydrogen-bond donors (Lipinski definition) is 0. The molecule has 2 fully saturated rings. The highest BCUT2D eigenvalue weighted by Gasteiger charge is 2.54. The minimum Gasteiger partial charge on any atom is -0.336 e. The molecule has 0 bridgehead atoms. The third kappa shape index (κ3) is 4.39. The lowest BCUT2D eigenvalue weighted by Gasteiger charge is -2.31. The molecule has 3 aromatic rings. The van der Waals surface area contributed by atoms with Crippen LogP contribution in [0.15, 0.2) is 73.1 Å². The predicted molar refractivity (Wildman–Crippen MR) is 127 cm³/mol. The second kappa shape index (κ2) is 9.60. The quantitative estimate of drug-likeness (QED) is 0.484. The van der Waals surface area contributed by atoms with E-state index in [4.69, 9.17) is 0 Å². The van der Waals surface area contributed by atoms with Gasteiger partial charge in [-0.15, -0.1) is 0 Å². The van der Waals surface area contributed by atoms with E-state index < -0.39 is 23.0 Å². The molecule has 0 N–H and O–H groups in total. The van der Waals surface area contributed by atoms with Gasteiger partial charge in [0, 0.05) is 31.8 Å². The lowest BCUT2D eigenvalue weighted by atomic mass is 9.75. The Morgan fingerprint density at radius 1 is 1.03 bits per heavy atom. The Morgan fingerprint density at radius 2 is 1.83 bits per heavy atom. The van der Waals surface area contributed by atoms with Crippen molar-refractivity contribution in [3.05, 3.63) is 101 Å². The van der Waals surface area contributed by atoms with E-state index >= 15 is 0 Å². The number of halogens is 2. The molecule has 8 heteroatoms. The molecule has 3 amide bonds. The van der Waals surface area contributed by atoms with Crippen molar-refractivity contribution in [3.8, 4) is 0 Å². The lowest BCUT2D eigenvalue weighted by Crippen LogP contribution is -2.43. The van der Waals surface area contributed by atoms with Crippen LogP contribution in [0, 0.1) is 11.6 Å². The number of pyridine rings is 1. The van der Waals surface area contributed by atoms with Gasteiger partial charge in [-0.3, -0.25) is 24.3 Å². The van der Waals surface area contributed by atoms with Crippen molar-refractivity contribution in [2.75, 3.05) is 6.54 Å². The number of carbonyl (C=O) groups is 3. The molecule has 36 heavy (non-hydrogen) atoms. The van der Waals surface area contributed by atoms with Crippen molar-refractivity contribution < 1.29 is 23.2 Å². The molecule has 2 aliphatic rings. The number of nitrogens with zero attached hydrogens (tertiary/aromatic N) is 3. The highest BCUT2D eigenvalue weighted by Crippen LogP contribution is 2.43. The third-order valence-corrected chi connectivity index (χ3v) is 7.13. The van der Waals surface area contributed by atoms with Crippen LogP contribution >= 0.6 is 0 Å². The Morgan fingerprint density at radius 3 is 2.56 bits per heavy atom. The van der Waals surface area contributed by atoms with Gasteiger partial charge in [0.25, 0.3) is 0 Å². The zero-order chi connectivity index (χ0) is 25.3. The van der Waals surface area contributed by atoms with E-state index in [0.29, 0.717) is 24.1 Å². The summed E-state index contributed by atoms with van der Waals surface area (Å²) in [5, 5.41) is 0. The number of likely N-dealkylation sites (tertiary alicyclic amines) is 2. The van der Waals surface area contributed by atoms with Crippen LogP contribution in [0.4, 0.5) is 8.78 Å². The summed E-state index contributed by atoms with van der Waals surface area (Å²) in [7, 11) is 0. The zero-order valence-electron chi connectivity index (χ0n) is 19.6. The zero-order valence-corrected chi connectivity index (χ0v) is 19.6. The molecular formula is C28H25F2N3O3. The first-order valence-corrected chi connectivity index (χ1v) is 11.9. The minimum absolute atomic E-state index is 0.0265. The van der Waals surface area contributed by atoms with Crippen molar-refractivity contribution >= 4 is 17.7 Å². The van der Waals surface area contributed by atoms with Crippen molar-refractivity contribution in [3.63, 3.8) is 0 Å². The minimum atomic E-state index is -1.51. The van der Waals surface area contributed by atoms with Crippen LogP contribution in [0.3, 0.4) is 0 Å². The average Bonchev–Trinajstić information content (AvgIpc) is 3.45. The van der Waals surface area contributed by atoms with Crippen molar-refractivity contribution in [2.45, 2.75) is 43.7 Å². The van der Waals surface area contributed by atoms with Crippen molar-refractivity contribution in [1.82, 2.24) is 14.8 Å². The summed E-state index contributed by atoms with van der Waals surface area (Å²) in [6.07, 6.45) is 4.16. The maximum Gasteiger partial charge on any atom is 0.241 e. The molecule has 3 heterocycles. The van der Waals surface area contributed by atoms with Crippen molar-refractivity contribution in [2.24, 2.45) is 0 Å². The van der Waals surface area contributed by atoms with Gasteiger partial charge in [-0.1, -0.05) is 30.3 Å². The number of benzene rings is 2. The summed E-state index contributed by atoms with van der Waals surface area (Å²) in [4.78, 5) is 47.5. The second-order valence-corrected chi connectivity index (χ2v) is 9.39. The molecule has 0 saturated carbocycles. The van der Waals surface area contributed by atoms with Crippen LogP contribution in [-0.2, 0) is 26.3 Å². The first kappa shape index (κ1) is 23.8. The maximum absolute atomic E-state index is 14.3. The van der Waals surface area contributed by atoms with Gasteiger partial charge in [-0.2, -0.15) is 0 Å². The Kier molecular flexibility index (Phi) is 6.35. The Bertz CT molecular complexity index is 1300. The summed E-state index contributed by atoms with van der Waals surface area (Å²) in [5.74, 6) is -2.14. The predicted octanol–water partition coefficient (Wildman–Crippen LogP) is 4.31. The van der Waals surface area contributed by atoms with Crippen LogP contribution in [0.2, 0.25) is 0 Å². The number of rotatable bonds is 6. The van der Waals surface area contributed by atoms with Crippen LogP contribution < -0.4 is 0 Å². The monoisotopic (exact) mass is 489 g/mol. The highest BCUT2D eigenvalue weighted by atomic mass is 19.1. The summed E-state index contributed by atoms with van der Waals surface area (Å²) < 4.78 is 27.7. The van der Waals surface area contributed by atoms with Crippen LogP contribution in [0.1, 0.15) is 48.4 Å². The average molecular weight is 490 g/mol. The van der Waals surface area contributed by atoms with Gasteiger partial charge in [0.1, 0.15) is 11.6 Å². The first-order chi connectivity index (χ1) is 17.4. The standard InChI is InChI=1S/C28H25F2N3O3/c29-22-10-8-20(9-11-22)24-7-3-13-32(24)25(34)15-28(21-5-1-6-23(30)14-21)16-26(35)33(27(28)36)18-19-4-2-12-31-17-19/h1-2,4-6,8-12,14,17,24H,3,7,13,15-16,18H2. The summed E-state index contributed by atoms with van der Waals surface area (Å²) >= 11 is 0. The molecule has 0 spiro atoms. The van der Waals surface area contributed by atoms with Gasteiger partial charge in [-0.05, 0) is 59.9 Å². The first-order valence-electron chi connectivity index (χ1n) is 11.9. The van der Waals surface area contributed by atoms with E-state index in [1.165, 1.54) is 30.3 Å². The van der Waals surface area contributed by atoms with E-state index in [9.17, 15) is 23.2 Å². The number of amides is 3. The molecule has 2 aromatic carbocycles. The van der Waals surface area contributed by atoms with Crippen LogP contribution in [-0.4, -0.2) is 39.1 Å². The molecular weight excluding hydrogens is 464 g/mol. The van der Waals surface area contributed by atoms with Gasteiger partial charge < -0.3 is 4.90 Å². The topological polar surface area (TPSA) is 70.6 Å². The fraction of sp³-hybridized carbons (Fsp3) is 0.286. The number of carbonyl (C=O) groups excluding carboxylic acids is 3. The Labute approximate surface area is 207 Å². The number of hydrogen-bond acceptors (Lipinski definition) is 4. The number of imide groups is 1. The largest absolute Gasteiger partial charge is 0.336 e. The Balaban J connectivity index is 1.47. The lowest BCUT2D eigenvalue weighted by molar-refractivity contribution is -0.143. The summed E-state index contributed by atoms with van der Waals surface area (Å²) in [6.45, 7) is 0.514. The molecule has 1 aromatic heterocycles. The molecule has 0 radical (unpaired) electrons. The molecule has 2 atom stereocenters. The summed E-state index contributed by atoms with van der Waals surface area (Å²) in [6, 6.07) is 14.8. The van der Waals surface area contributed by atoms with E-state index in [2.05, 4.69) is 4.98 Å². The molecule has 5 rings (SSSR count). The van der Waals surface area contributed by atoms with Crippen molar-refractivity contribution in [1.29, 1.82) is 0 Å². The maximum atomic E-state index is 14.3. The smallest absolute Gasteiger partial charge is 0.241 e. The summed E-state index contributed by atoms with van der Waals surface area (Å²) in [5.41, 5.74) is 0.292. The van der Waals surface area contributed by atoms with E-state index in [1.54, 1.807) is 47.6 Å². The van der Waals surface area contributed by atoms with Gasteiger partial charge in [0.2, 0.25) is 17.7 Å². The molecule has 2 saturated heterocycles. The molecule has 184 valence electrons. The van der Waals surface area contributed by atoms with Gasteiger partial charge in [-0.25, -0.2) is 8.78 Å². The van der Waals surface area contributed by atoms with Gasteiger partial charge in [0.15, 0.2) is 0 Å². The van der Waals surface area contributed by atoms with E-state index in [0.717, 1.165) is 16.9 Å². The normalized spacial score (nSPS) is 21.9. The van der Waals surface area contributed by atoms with Gasteiger partial charge in [0.05, 0.1) is 18.0 Å². The molecule has 0 aliphatic carbocycles. The number of aromatic nitrogens is 1. The molecule has 2 unspecified atom stereocenters. The van der Waals surface area contributed by atoms with Crippen LogP contribution in [0.25, 0.3) is 0 Å². The fourth-order valence-corrected chi connectivity index (χ4v) is 5.34. The SMILES string of the molecule is O=C1CC(CC(=O)N2CCCC2c2ccc(F)cc2)(c2cccc(F)c2)C(=O)N1Cc1cccnc1. The van der Waals surface area contributed by atoms with Gasteiger partial charge >= 0.3 is 0 Å². The Hall–Kier alpha value is -3.94. The van der Waals surface area contributed by atoms with Crippen LogP contribution in [0.5, 0.6) is 0 Å². The fourth-order valence-electron chi connectivity index (χ4n) is 5.34. The molecule has 2 aliphatic heterocycles. The highest BCUT2D eigenvalue weighted by molar-refractivity contribution is 6.10. The third-order valence-electron chi connectivity index (χ3n) is 7.13.